The molecule has 0 aromatic rings. The Morgan fingerprint density at radius 2 is 1.89 bits per heavy atom. The fourth-order valence-corrected chi connectivity index (χ4v) is 3.82. The molecule has 1 heterocycles. The summed E-state index contributed by atoms with van der Waals surface area (Å²) < 4.78 is 0. The lowest BCUT2D eigenvalue weighted by Gasteiger charge is -2.49. The number of hydrogen-bond donors (Lipinski definition) is 1. The largest absolute Gasteiger partial charge is 0.308 e. The summed E-state index contributed by atoms with van der Waals surface area (Å²) in [5.74, 6) is 0.866. The molecule has 0 aromatic heterocycles. The van der Waals surface area contributed by atoms with Crippen LogP contribution in [0.2, 0.25) is 0 Å². The van der Waals surface area contributed by atoms with Gasteiger partial charge in [-0.3, -0.25) is 4.90 Å². The molecular formula is C17H34N2. The normalized spacial score (nSPS) is 28.1. The van der Waals surface area contributed by atoms with Crippen molar-refractivity contribution in [1.29, 1.82) is 0 Å². The number of unbranched alkanes of at least 4 members (excludes halogenated alkanes) is 1. The Balaban J connectivity index is 1.77. The first kappa shape index (κ1) is 15.3. The summed E-state index contributed by atoms with van der Waals surface area (Å²) in [7, 11) is 0. The van der Waals surface area contributed by atoms with Gasteiger partial charge in [0.05, 0.1) is 0 Å². The highest BCUT2D eigenvalue weighted by Gasteiger charge is 2.38. The molecule has 0 bridgehead atoms. The Kier molecular flexibility index (Phi) is 5.70. The molecular weight excluding hydrogens is 232 g/mol. The zero-order valence-electron chi connectivity index (χ0n) is 13.4. The summed E-state index contributed by atoms with van der Waals surface area (Å²) in [5, 5.41) is 3.88. The van der Waals surface area contributed by atoms with E-state index in [9.17, 15) is 0 Å². The molecule has 19 heavy (non-hydrogen) atoms. The number of nitrogens with one attached hydrogen (secondary N) is 1. The quantitative estimate of drug-likeness (QED) is 0.761. The second-order valence-electron chi connectivity index (χ2n) is 7.43. The number of piperazine rings is 1. The second-order valence-corrected chi connectivity index (χ2v) is 7.43. The standard InChI is InChI=1S/C17H34N2/c1-15(2)9-5-8-12-19-14-17(18-13-16(19)3)10-6-4-7-11-17/h15-16,18H,4-14H2,1-3H3. The maximum atomic E-state index is 3.88. The van der Waals surface area contributed by atoms with Gasteiger partial charge in [-0.05, 0) is 38.6 Å². The van der Waals surface area contributed by atoms with Gasteiger partial charge in [0.15, 0.2) is 0 Å². The molecule has 112 valence electrons. The Labute approximate surface area is 120 Å². The van der Waals surface area contributed by atoms with Gasteiger partial charge >= 0.3 is 0 Å². The van der Waals surface area contributed by atoms with E-state index in [1.165, 1.54) is 71.0 Å². The van der Waals surface area contributed by atoms with Gasteiger partial charge < -0.3 is 5.32 Å². The van der Waals surface area contributed by atoms with Crippen LogP contribution in [0.4, 0.5) is 0 Å². The second kappa shape index (κ2) is 7.08. The van der Waals surface area contributed by atoms with Gasteiger partial charge in [-0.1, -0.05) is 46.0 Å². The van der Waals surface area contributed by atoms with E-state index in [1.807, 2.05) is 0 Å². The summed E-state index contributed by atoms with van der Waals surface area (Å²) in [6.45, 7) is 10.9. The third-order valence-electron chi connectivity index (χ3n) is 5.19. The minimum absolute atomic E-state index is 0.475. The average Bonchev–Trinajstić information content (AvgIpc) is 2.40. The SMILES string of the molecule is CC(C)CCCCN1CC2(CCCCC2)NCC1C. The lowest BCUT2D eigenvalue weighted by molar-refractivity contribution is 0.0614. The number of rotatable bonds is 5. The van der Waals surface area contributed by atoms with Crippen LogP contribution in [0.1, 0.15) is 72.1 Å². The Morgan fingerprint density at radius 1 is 1.16 bits per heavy atom. The topological polar surface area (TPSA) is 15.3 Å². The van der Waals surface area contributed by atoms with Crippen LogP contribution < -0.4 is 5.32 Å². The zero-order chi connectivity index (χ0) is 13.7. The van der Waals surface area contributed by atoms with E-state index >= 15 is 0 Å². The highest BCUT2D eigenvalue weighted by molar-refractivity contribution is 4.98. The molecule has 1 aliphatic heterocycles. The van der Waals surface area contributed by atoms with E-state index in [4.69, 9.17) is 0 Å². The first-order valence-corrected chi connectivity index (χ1v) is 8.60. The first-order valence-electron chi connectivity index (χ1n) is 8.60. The lowest BCUT2D eigenvalue weighted by atomic mass is 9.79. The summed E-state index contributed by atoms with van der Waals surface area (Å²) >= 11 is 0. The van der Waals surface area contributed by atoms with Crippen molar-refractivity contribution in [3.8, 4) is 0 Å². The average molecular weight is 266 g/mol. The van der Waals surface area contributed by atoms with Gasteiger partial charge in [-0.15, -0.1) is 0 Å². The van der Waals surface area contributed by atoms with Crippen molar-refractivity contribution in [1.82, 2.24) is 10.2 Å². The van der Waals surface area contributed by atoms with Crippen LogP contribution in [0.25, 0.3) is 0 Å². The Hall–Kier alpha value is -0.0800. The monoisotopic (exact) mass is 266 g/mol. The molecule has 2 nitrogen and oxygen atoms in total. The van der Waals surface area contributed by atoms with E-state index < -0.39 is 0 Å². The first-order chi connectivity index (χ1) is 9.11. The van der Waals surface area contributed by atoms with Gasteiger partial charge in [0.1, 0.15) is 0 Å². The molecule has 2 rings (SSSR count). The van der Waals surface area contributed by atoms with Crippen molar-refractivity contribution in [2.75, 3.05) is 19.6 Å². The van der Waals surface area contributed by atoms with Gasteiger partial charge in [0, 0.05) is 24.7 Å². The van der Waals surface area contributed by atoms with E-state index in [0.717, 1.165) is 12.0 Å². The van der Waals surface area contributed by atoms with Gasteiger partial charge in [0.2, 0.25) is 0 Å². The van der Waals surface area contributed by atoms with Crippen LogP contribution in [0.15, 0.2) is 0 Å². The zero-order valence-corrected chi connectivity index (χ0v) is 13.4. The molecule has 1 saturated heterocycles. The van der Waals surface area contributed by atoms with Crippen LogP contribution >= 0.6 is 0 Å². The Morgan fingerprint density at radius 3 is 2.58 bits per heavy atom. The number of hydrogen-bond acceptors (Lipinski definition) is 2. The summed E-state index contributed by atoms with van der Waals surface area (Å²) in [4.78, 5) is 2.77. The molecule has 1 unspecified atom stereocenters. The lowest BCUT2D eigenvalue weighted by Crippen LogP contribution is -2.64. The summed E-state index contributed by atoms with van der Waals surface area (Å²) in [6, 6.07) is 0.728. The molecule has 0 aromatic carbocycles. The van der Waals surface area contributed by atoms with E-state index in [2.05, 4.69) is 31.0 Å². The van der Waals surface area contributed by atoms with Crippen LogP contribution in [0.3, 0.4) is 0 Å². The predicted molar refractivity (Wildman–Crippen MR) is 83.5 cm³/mol. The van der Waals surface area contributed by atoms with Crippen molar-refractivity contribution in [2.45, 2.75) is 83.7 Å². The van der Waals surface area contributed by atoms with Crippen LogP contribution in [-0.2, 0) is 0 Å². The van der Waals surface area contributed by atoms with E-state index in [-0.39, 0.29) is 0 Å². The third kappa shape index (κ3) is 4.46. The van der Waals surface area contributed by atoms with Gasteiger partial charge in [0.25, 0.3) is 0 Å². The summed E-state index contributed by atoms with van der Waals surface area (Å²) in [6.07, 6.45) is 11.3. The summed E-state index contributed by atoms with van der Waals surface area (Å²) in [5.41, 5.74) is 0.475. The van der Waals surface area contributed by atoms with Crippen LogP contribution in [-0.4, -0.2) is 36.1 Å². The third-order valence-corrected chi connectivity index (χ3v) is 5.19. The highest BCUT2D eigenvalue weighted by Crippen LogP contribution is 2.31. The van der Waals surface area contributed by atoms with Crippen molar-refractivity contribution >= 4 is 0 Å². The molecule has 1 aliphatic carbocycles. The minimum atomic E-state index is 0.475. The van der Waals surface area contributed by atoms with Crippen molar-refractivity contribution in [3.05, 3.63) is 0 Å². The van der Waals surface area contributed by atoms with E-state index in [1.54, 1.807) is 0 Å². The van der Waals surface area contributed by atoms with E-state index in [0.29, 0.717) is 5.54 Å². The molecule has 1 saturated carbocycles. The van der Waals surface area contributed by atoms with Gasteiger partial charge in [-0.2, -0.15) is 0 Å². The molecule has 1 spiro atoms. The van der Waals surface area contributed by atoms with Crippen molar-refractivity contribution < 1.29 is 0 Å². The van der Waals surface area contributed by atoms with Crippen LogP contribution in [0, 0.1) is 5.92 Å². The molecule has 1 atom stereocenters. The fraction of sp³-hybridized carbons (Fsp3) is 1.00. The molecule has 2 aliphatic rings. The number of nitrogens with zero attached hydrogens (tertiary/aromatic N) is 1. The molecule has 0 radical (unpaired) electrons. The maximum Gasteiger partial charge on any atom is 0.0309 e. The molecule has 2 fully saturated rings. The molecule has 0 amide bonds. The smallest absolute Gasteiger partial charge is 0.0309 e. The minimum Gasteiger partial charge on any atom is -0.308 e. The molecule has 1 N–H and O–H groups in total. The van der Waals surface area contributed by atoms with Crippen molar-refractivity contribution in [2.24, 2.45) is 5.92 Å². The fourth-order valence-electron chi connectivity index (χ4n) is 3.82. The maximum absolute atomic E-state index is 3.88. The van der Waals surface area contributed by atoms with Crippen LogP contribution in [0.5, 0.6) is 0 Å². The highest BCUT2D eigenvalue weighted by atomic mass is 15.2. The predicted octanol–water partition coefficient (Wildman–Crippen LogP) is 3.81. The molecule has 2 heteroatoms. The van der Waals surface area contributed by atoms with Crippen molar-refractivity contribution in [3.63, 3.8) is 0 Å². The van der Waals surface area contributed by atoms with Gasteiger partial charge in [-0.25, -0.2) is 0 Å². The Bertz CT molecular complexity index is 256.